The Kier molecular flexibility index (Phi) is 5.83. The van der Waals surface area contributed by atoms with E-state index in [4.69, 9.17) is 14.2 Å². The molecule has 4 rings (SSSR count). The molecule has 1 amide bonds. The molecule has 2 aliphatic heterocycles. The van der Waals surface area contributed by atoms with Gasteiger partial charge in [0.05, 0.1) is 24.5 Å². The SMILES string of the molecule is CC1=NN(c2ccc(C(=O)OCC(=O)Nc3ccc4c(c3)OCCCO4)cc2)CC1. The number of ether oxygens (including phenoxy) is 3. The van der Waals surface area contributed by atoms with Crippen LogP contribution < -0.4 is 19.8 Å². The third-order valence-corrected chi connectivity index (χ3v) is 4.74. The summed E-state index contributed by atoms with van der Waals surface area (Å²) in [5.41, 5.74) is 2.92. The zero-order chi connectivity index (χ0) is 20.9. The van der Waals surface area contributed by atoms with Crippen molar-refractivity contribution in [3.8, 4) is 11.5 Å². The van der Waals surface area contributed by atoms with Crippen molar-refractivity contribution in [2.75, 3.05) is 36.7 Å². The van der Waals surface area contributed by atoms with Gasteiger partial charge in [-0.1, -0.05) is 0 Å². The monoisotopic (exact) mass is 409 g/mol. The van der Waals surface area contributed by atoms with E-state index < -0.39 is 11.9 Å². The van der Waals surface area contributed by atoms with Crippen LogP contribution in [-0.4, -0.2) is 44.0 Å². The third-order valence-electron chi connectivity index (χ3n) is 4.74. The van der Waals surface area contributed by atoms with Crippen LogP contribution in [0.1, 0.15) is 30.1 Å². The molecule has 0 fully saturated rings. The van der Waals surface area contributed by atoms with E-state index in [2.05, 4.69) is 10.4 Å². The lowest BCUT2D eigenvalue weighted by molar-refractivity contribution is -0.119. The Labute approximate surface area is 174 Å². The highest BCUT2D eigenvalue weighted by atomic mass is 16.5. The summed E-state index contributed by atoms with van der Waals surface area (Å²) in [4.78, 5) is 24.4. The molecule has 0 bridgehead atoms. The fourth-order valence-corrected chi connectivity index (χ4v) is 3.18. The van der Waals surface area contributed by atoms with Gasteiger partial charge in [0.15, 0.2) is 18.1 Å². The summed E-state index contributed by atoms with van der Waals surface area (Å²) in [6, 6.07) is 12.1. The molecule has 156 valence electrons. The Morgan fingerprint density at radius 3 is 2.60 bits per heavy atom. The van der Waals surface area contributed by atoms with Crippen LogP contribution in [0.25, 0.3) is 0 Å². The molecule has 30 heavy (non-hydrogen) atoms. The highest BCUT2D eigenvalue weighted by Crippen LogP contribution is 2.32. The third kappa shape index (κ3) is 4.71. The summed E-state index contributed by atoms with van der Waals surface area (Å²) in [5, 5.41) is 9.02. The Bertz CT molecular complexity index is 971. The summed E-state index contributed by atoms with van der Waals surface area (Å²) in [6.45, 7) is 3.59. The number of nitrogens with zero attached hydrogens (tertiary/aromatic N) is 2. The highest BCUT2D eigenvalue weighted by molar-refractivity contribution is 5.96. The minimum Gasteiger partial charge on any atom is -0.490 e. The van der Waals surface area contributed by atoms with Gasteiger partial charge in [-0.15, -0.1) is 0 Å². The number of nitrogens with one attached hydrogen (secondary N) is 1. The lowest BCUT2D eigenvalue weighted by Gasteiger charge is -2.14. The summed E-state index contributed by atoms with van der Waals surface area (Å²) in [5.74, 6) is 0.239. The highest BCUT2D eigenvalue weighted by Gasteiger charge is 2.16. The first-order valence-electron chi connectivity index (χ1n) is 9.87. The molecule has 0 unspecified atom stereocenters. The number of hydrazone groups is 1. The predicted molar refractivity (Wildman–Crippen MR) is 112 cm³/mol. The van der Waals surface area contributed by atoms with E-state index in [0.29, 0.717) is 36.0 Å². The maximum absolute atomic E-state index is 12.2. The molecule has 2 aromatic rings. The number of carbonyl (C=O) groups is 2. The molecule has 0 aromatic heterocycles. The minimum atomic E-state index is -0.559. The number of esters is 1. The number of benzene rings is 2. The van der Waals surface area contributed by atoms with Gasteiger partial charge < -0.3 is 19.5 Å². The van der Waals surface area contributed by atoms with Gasteiger partial charge in [-0.3, -0.25) is 9.80 Å². The molecule has 8 heteroatoms. The topological polar surface area (TPSA) is 89.5 Å². The van der Waals surface area contributed by atoms with Gasteiger partial charge in [0.2, 0.25) is 0 Å². The van der Waals surface area contributed by atoms with Crippen LogP contribution in [0.4, 0.5) is 11.4 Å². The second-order valence-electron chi connectivity index (χ2n) is 7.09. The first kappa shape index (κ1) is 19.8. The smallest absolute Gasteiger partial charge is 0.338 e. The van der Waals surface area contributed by atoms with Gasteiger partial charge >= 0.3 is 5.97 Å². The van der Waals surface area contributed by atoms with Crippen LogP contribution in [-0.2, 0) is 9.53 Å². The van der Waals surface area contributed by atoms with Crippen molar-refractivity contribution < 1.29 is 23.8 Å². The largest absolute Gasteiger partial charge is 0.490 e. The van der Waals surface area contributed by atoms with Gasteiger partial charge in [-0.05, 0) is 43.3 Å². The Hall–Kier alpha value is -3.55. The summed E-state index contributed by atoms with van der Waals surface area (Å²) >= 11 is 0. The van der Waals surface area contributed by atoms with Crippen molar-refractivity contribution in [1.29, 1.82) is 0 Å². The van der Waals surface area contributed by atoms with E-state index >= 15 is 0 Å². The van der Waals surface area contributed by atoms with Crippen LogP contribution in [0.3, 0.4) is 0 Å². The summed E-state index contributed by atoms with van der Waals surface area (Å²) < 4.78 is 16.3. The second-order valence-corrected chi connectivity index (χ2v) is 7.09. The molecule has 0 radical (unpaired) electrons. The van der Waals surface area contributed by atoms with Gasteiger partial charge in [0.1, 0.15) is 0 Å². The van der Waals surface area contributed by atoms with E-state index in [0.717, 1.165) is 30.8 Å². The van der Waals surface area contributed by atoms with Crippen LogP contribution in [0.2, 0.25) is 0 Å². The average molecular weight is 409 g/mol. The molecule has 0 saturated carbocycles. The molecule has 2 aromatic carbocycles. The number of fused-ring (bicyclic) bond motifs is 1. The number of rotatable bonds is 5. The molecule has 2 heterocycles. The molecule has 0 aliphatic carbocycles. The lowest BCUT2D eigenvalue weighted by atomic mass is 10.2. The molecule has 0 saturated heterocycles. The number of carbonyl (C=O) groups excluding carboxylic acids is 2. The lowest BCUT2D eigenvalue weighted by Crippen LogP contribution is -2.21. The van der Waals surface area contributed by atoms with E-state index in [1.807, 2.05) is 24.1 Å². The van der Waals surface area contributed by atoms with E-state index in [-0.39, 0.29) is 6.61 Å². The van der Waals surface area contributed by atoms with Crippen LogP contribution in [0.5, 0.6) is 11.5 Å². The molecule has 2 aliphatic rings. The zero-order valence-corrected chi connectivity index (χ0v) is 16.7. The van der Waals surface area contributed by atoms with Gasteiger partial charge in [0, 0.05) is 36.9 Å². The second kappa shape index (κ2) is 8.86. The van der Waals surface area contributed by atoms with Crippen molar-refractivity contribution in [3.05, 3.63) is 48.0 Å². The maximum Gasteiger partial charge on any atom is 0.338 e. The van der Waals surface area contributed by atoms with Crippen molar-refractivity contribution in [2.45, 2.75) is 19.8 Å². The molecular weight excluding hydrogens is 386 g/mol. The van der Waals surface area contributed by atoms with Crippen molar-refractivity contribution in [2.24, 2.45) is 5.10 Å². The van der Waals surface area contributed by atoms with E-state index in [9.17, 15) is 9.59 Å². The first-order valence-corrected chi connectivity index (χ1v) is 9.87. The fraction of sp³-hybridized carbons (Fsp3) is 0.318. The van der Waals surface area contributed by atoms with Crippen molar-refractivity contribution >= 4 is 29.0 Å². The minimum absolute atomic E-state index is 0.377. The van der Waals surface area contributed by atoms with E-state index in [1.54, 1.807) is 30.3 Å². The first-order chi connectivity index (χ1) is 14.6. The quantitative estimate of drug-likeness (QED) is 0.763. The Balaban J connectivity index is 1.29. The Morgan fingerprint density at radius 1 is 1.10 bits per heavy atom. The predicted octanol–water partition coefficient (Wildman–Crippen LogP) is 3.23. The van der Waals surface area contributed by atoms with Gasteiger partial charge in [0.25, 0.3) is 5.91 Å². The normalized spacial score (nSPS) is 15.2. The number of hydrogen-bond donors (Lipinski definition) is 1. The zero-order valence-electron chi connectivity index (χ0n) is 16.7. The van der Waals surface area contributed by atoms with Gasteiger partial charge in [-0.25, -0.2) is 4.79 Å². The summed E-state index contributed by atoms with van der Waals surface area (Å²) in [6.07, 6.45) is 1.74. The van der Waals surface area contributed by atoms with Crippen LogP contribution >= 0.6 is 0 Å². The molecular formula is C22H23N3O5. The number of hydrogen-bond acceptors (Lipinski definition) is 7. The maximum atomic E-state index is 12.2. The Morgan fingerprint density at radius 2 is 1.87 bits per heavy atom. The fourth-order valence-electron chi connectivity index (χ4n) is 3.18. The number of anilines is 2. The molecule has 0 atom stereocenters. The molecule has 8 nitrogen and oxygen atoms in total. The number of amides is 1. The standard InChI is InChI=1S/C22H23N3O5/c1-15-9-10-25(24-15)18-6-3-16(4-7-18)22(27)30-14-21(26)23-17-5-8-19-20(13-17)29-12-2-11-28-19/h3-8,13H,2,9-12,14H2,1H3,(H,23,26). The van der Waals surface area contributed by atoms with Crippen LogP contribution in [0.15, 0.2) is 47.6 Å². The van der Waals surface area contributed by atoms with Gasteiger partial charge in [-0.2, -0.15) is 5.10 Å². The van der Waals surface area contributed by atoms with E-state index in [1.165, 1.54) is 0 Å². The summed E-state index contributed by atoms with van der Waals surface area (Å²) in [7, 11) is 0. The van der Waals surface area contributed by atoms with Crippen LogP contribution in [0, 0.1) is 0 Å². The van der Waals surface area contributed by atoms with Crippen molar-refractivity contribution in [3.63, 3.8) is 0 Å². The molecule has 1 N–H and O–H groups in total. The van der Waals surface area contributed by atoms with Crippen molar-refractivity contribution in [1.82, 2.24) is 0 Å². The average Bonchev–Trinajstić information content (AvgIpc) is 3.05. The molecule has 0 spiro atoms.